The van der Waals surface area contributed by atoms with Crippen molar-refractivity contribution < 1.29 is 23.5 Å². The molecular weight excluding hydrogens is 312 g/mol. The molecule has 1 aromatic carbocycles. The number of ether oxygens (including phenoxy) is 1. The normalized spacial score (nSPS) is 17.7. The summed E-state index contributed by atoms with van der Waals surface area (Å²) in [5.74, 6) is -3.41. The number of nitrogens with zero attached hydrogens (tertiary/aromatic N) is 2. The molecule has 0 aliphatic carbocycles. The van der Waals surface area contributed by atoms with E-state index in [4.69, 9.17) is 9.84 Å². The molecule has 9 heteroatoms. The van der Waals surface area contributed by atoms with Crippen molar-refractivity contribution >= 4 is 5.69 Å². The Bertz CT molecular complexity index is 565. The Kier molecular flexibility index (Phi) is 5.45. The number of piperazine rings is 1. The Hall–Kier alpha value is -1.84. The smallest absolute Gasteiger partial charge is 0.311 e. The van der Waals surface area contributed by atoms with Crippen LogP contribution >= 0.6 is 0 Å². The Morgan fingerprint density at radius 3 is 2.65 bits per heavy atom. The number of aliphatic hydroxyl groups is 1. The minimum absolute atomic E-state index is 0.00475. The van der Waals surface area contributed by atoms with Crippen molar-refractivity contribution in [3.63, 3.8) is 0 Å². The first-order valence-corrected chi connectivity index (χ1v) is 7.16. The highest BCUT2D eigenvalue weighted by atomic mass is 19.3. The largest absolute Gasteiger partial charge is 0.490 e. The summed E-state index contributed by atoms with van der Waals surface area (Å²) in [4.78, 5) is 12.0. The van der Waals surface area contributed by atoms with Crippen LogP contribution in [0, 0.1) is 10.1 Å². The Morgan fingerprint density at radius 2 is 2.13 bits per heavy atom. The number of aliphatic hydroxyl groups excluding tert-OH is 1. The maximum atomic E-state index is 14.3. The van der Waals surface area contributed by atoms with E-state index in [1.807, 2.05) is 0 Å². The monoisotopic (exact) mass is 331 g/mol. The number of hydrogen-bond donors (Lipinski definition) is 2. The summed E-state index contributed by atoms with van der Waals surface area (Å²) in [5.41, 5.74) is -0.294. The fourth-order valence-electron chi connectivity index (χ4n) is 2.77. The van der Waals surface area contributed by atoms with E-state index in [-0.39, 0.29) is 17.0 Å². The third-order valence-corrected chi connectivity index (χ3v) is 3.84. The van der Waals surface area contributed by atoms with Crippen molar-refractivity contribution in [1.82, 2.24) is 10.2 Å². The summed E-state index contributed by atoms with van der Waals surface area (Å²) in [6.45, 7) is 0.466. The third kappa shape index (κ3) is 3.74. The van der Waals surface area contributed by atoms with Crippen LogP contribution in [0.15, 0.2) is 18.2 Å². The van der Waals surface area contributed by atoms with Gasteiger partial charge >= 0.3 is 5.69 Å². The van der Waals surface area contributed by atoms with Gasteiger partial charge in [-0.2, -0.15) is 0 Å². The van der Waals surface area contributed by atoms with Gasteiger partial charge in [-0.25, -0.2) is 8.78 Å². The van der Waals surface area contributed by atoms with E-state index < -0.39 is 23.5 Å². The summed E-state index contributed by atoms with van der Waals surface area (Å²) in [6, 6.07) is 2.34. The molecule has 2 N–H and O–H groups in total. The number of rotatable bonds is 6. The minimum atomic E-state index is -3.42. The summed E-state index contributed by atoms with van der Waals surface area (Å²) in [6.07, 6.45) is 0. The number of halogens is 2. The topological polar surface area (TPSA) is 87.9 Å². The van der Waals surface area contributed by atoms with E-state index in [2.05, 4.69) is 5.32 Å². The van der Waals surface area contributed by atoms with E-state index in [9.17, 15) is 18.9 Å². The molecule has 0 aromatic heterocycles. The van der Waals surface area contributed by atoms with Gasteiger partial charge in [0.1, 0.15) is 12.6 Å². The summed E-state index contributed by atoms with van der Waals surface area (Å²) >= 11 is 0. The molecule has 0 radical (unpaired) electrons. The van der Waals surface area contributed by atoms with Crippen LogP contribution in [0.3, 0.4) is 0 Å². The van der Waals surface area contributed by atoms with Crippen molar-refractivity contribution in [2.24, 2.45) is 0 Å². The van der Waals surface area contributed by atoms with Gasteiger partial charge in [-0.1, -0.05) is 6.07 Å². The summed E-state index contributed by atoms with van der Waals surface area (Å²) in [7, 11) is 1.28. The lowest BCUT2D eigenvalue weighted by molar-refractivity contribution is -0.385. The second-order valence-corrected chi connectivity index (χ2v) is 5.30. The van der Waals surface area contributed by atoms with E-state index in [1.54, 1.807) is 0 Å². The van der Waals surface area contributed by atoms with Crippen molar-refractivity contribution in [1.29, 1.82) is 0 Å². The zero-order valence-electron chi connectivity index (χ0n) is 12.7. The zero-order valence-corrected chi connectivity index (χ0v) is 12.7. The molecule has 2 rings (SSSR count). The van der Waals surface area contributed by atoms with Crippen LogP contribution in [-0.4, -0.2) is 60.7 Å². The van der Waals surface area contributed by atoms with E-state index in [1.165, 1.54) is 24.1 Å². The fourth-order valence-corrected chi connectivity index (χ4v) is 2.77. The molecule has 1 aromatic rings. The molecule has 0 bridgehead atoms. The van der Waals surface area contributed by atoms with Gasteiger partial charge in [0.05, 0.1) is 12.0 Å². The van der Waals surface area contributed by atoms with Crippen LogP contribution in [0.2, 0.25) is 0 Å². The first-order chi connectivity index (χ1) is 10.9. The number of alkyl halides is 2. The van der Waals surface area contributed by atoms with Crippen LogP contribution in [0.4, 0.5) is 14.5 Å². The molecule has 128 valence electrons. The molecule has 1 heterocycles. The van der Waals surface area contributed by atoms with Gasteiger partial charge in [0.15, 0.2) is 5.75 Å². The lowest BCUT2D eigenvalue weighted by Crippen LogP contribution is -2.51. The summed E-state index contributed by atoms with van der Waals surface area (Å²) in [5, 5.41) is 23.3. The van der Waals surface area contributed by atoms with Crippen molar-refractivity contribution in [3.05, 3.63) is 33.9 Å². The highest BCUT2D eigenvalue weighted by molar-refractivity contribution is 5.49. The van der Waals surface area contributed by atoms with Crippen molar-refractivity contribution in [3.8, 4) is 5.75 Å². The molecule has 1 saturated heterocycles. The fraction of sp³-hybridized carbons (Fsp3) is 0.571. The molecule has 1 aliphatic heterocycles. The quantitative estimate of drug-likeness (QED) is 0.601. The first kappa shape index (κ1) is 17.5. The van der Waals surface area contributed by atoms with E-state index in [0.717, 1.165) is 6.07 Å². The highest BCUT2D eigenvalue weighted by Gasteiger charge is 2.44. The number of benzene rings is 1. The Morgan fingerprint density at radius 1 is 1.48 bits per heavy atom. The number of methoxy groups -OCH3 is 1. The van der Waals surface area contributed by atoms with Crippen LogP contribution in [-0.2, 0) is 0 Å². The van der Waals surface area contributed by atoms with Crippen LogP contribution in [0.5, 0.6) is 5.75 Å². The zero-order chi connectivity index (χ0) is 17.0. The molecule has 1 atom stereocenters. The molecule has 7 nitrogen and oxygen atoms in total. The van der Waals surface area contributed by atoms with E-state index in [0.29, 0.717) is 26.2 Å². The predicted octanol–water partition coefficient (Wildman–Crippen LogP) is 1.18. The molecule has 0 spiro atoms. The predicted molar refractivity (Wildman–Crippen MR) is 78.9 cm³/mol. The average Bonchev–Trinajstić information content (AvgIpc) is 2.55. The number of nitrogens with one attached hydrogen (secondary N) is 1. The Labute approximate surface area is 132 Å². The molecular formula is C14H19F2N3O4. The number of nitro benzene ring substituents is 1. The van der Waals surface area contributed by atoms with Gasteiger partial charge in [-0.05, 0) is 11.6 Å². The van der Waals surface area contributed by atoms with Crippen LogP contribution in [0.25, 0.3) is 0 Å². The van der Waals surface area contributed by atoms with Gasteiger partial charge < -0.3 is 15.2 Å². The molecule has 0 amide bonds. The van der Waals surface area contributed by atoms with Crippen LogP contribution in [0.1, 0.15) is 11.6 Å². The maximum Gasteiger partial charge on any atom is 0.311 e. The van der Waals surface area contributed by atoms with Crippen molar-refractivity contribution in [2.45, 2.75) is 12.0 Å². The van der Waals surface area contributed by atoms with Gasteiger partial charge in [-0.15, -0.1) is 0 Å². The van der Waals surface area contributed by atoms with Crippen LogP contribution < -0.4 is 10.1 Å². The third-order valence-electron chi connectivity index (χ3n) is 3.84. The standard InChI is InChI=1S/C14H19F2N3O4/c1-23-12-3-2-10(8-11(12)19(21)22)13(14(15,16)9-20)18-6-4-17-5-7-18/h2-3,8,13,17,20H,4-7,9H2,1H3/t13-/m1/s1. The van der Waals surface area contributed by atoms with Gasteiger partial charge in [-0.3, -0.25) is 15.0 Å². The molecule has 1 aliphatic rings. The van der Waals surface area contributed by atoms with Gasteiger partial charge in [0.2, 0.25) is 0 Å². The summed E-state index contributed by atoms with van der Waals surface area (Å²) < 4.78 is 33.5. The van der Waals surface area contributed by atoms with Gasteiger partial charge in [0.25, 0.3) is 5.92 Å². The lowest BCUT2D eigenvalue weighted by atomic mass is 9.97. The highest BCUT2D eigenvalue weighted by Crippen LogP contribution is 2.39. The molecule has 1 fully saturated rings. The SMILES string of the molecule is COc1ccc([C@@H](N2CCNCC2)C(F)(F)CO)cc1[N+](=O)[O-]. The number of hydrogen-bond acceptors (Lipinski definition) is 6. The molecule has 0 unspecified atom stereocenters. The number of nitro groups is 1. The van der Waals surface area contributed by atoms with E-state index >= 15 is 0 Å². The molecule has 0 saturated carbocycles. The van der Waals surface area contributed by atoms with Gasteiger partial charge in [0, 0.05) is 32.2 Å². The lowest BCUT2D eigenvalue weighted by Gasteiger charge is -2.38. The van der Waals surface area contributed by atoms with Crippen molar-refractivity contribution in [2.75, 3.05) is 39.9 Å². The maximum absolute atomic E-state index is 14.3. The minimum Gasteiger partial charge on any atom is -0.490 e. The molecule has 23 heavy (non-hydrogen) atoms. The Balaban J connectivity index is 2.46. The first-order valence-electron chi connectivity index (χ1n) is 7.16. The second kappa shape index (κ2) is 7.16. The second-order valence-electron chi connectivity index (χ2n) is 5.30. The average molecular weight is 331 g/mol.